The van der Waals surface area contributed by atoms with Crippen molar-refractivity contribution in [3.05, 3.63) is 47.4 Å². The topological polar surface area (TPSA) is 102 Å². The van der Waals surface area contributed by atoms with Gasteiger partial charge in [-0.2, -0.15) is 5.10 Å². The number of fused-ring (bicyclic) bond motifs is 1. The third kappa shape index (κ3) is 3.70. The van der Waals surface area contributed by atoms with E-state index in [0.717, 1.165) is 0 Å². The van der Waals surface area contributed by atoms with E-state index in [4.69, 9.17) is 11.6 Å². The van der Waals surface area contributed by atoms with Gasteiger partial charge in [0.05, 0.1) is 24.8 Å². The van der Waals surface area contributed by atoms with Crippen LogP contribution in [-0.2, 0) is 16.1 Å². The van der Waals surface area contributed by atoms with Crippen molar-refractivity contribution < 1.29 is 14.6 Å². The molecular formula is C16H16ClN5O3. The third-order valence-electron chi connectivity index (χ3n) is 3.67. The monoisotopic (exact) mass is 361 g/mol. The Bertz CT molecular complexity index is 898. The number of ether oxygens (including phenoxy) is 1. The zero-order chi connectivity index (χ0) is 17.8. The van der Waals surface area contributed by atoms with Crippen LogP contribution in [0.5, 0.6) is 0 Å². The normalized spacial score (nSPS) is 12.1. The second-order valence-corrected chi connectivity index (χ2v) is 5.66. The molecule has 0 aliphatic rings. The molecule has 1 aromatic carbocycles. The summed E-state index contributed by atoms with van der Waals surface area (Å²) in [5, 5.41) is 18.6. The van der Waals surface area contributed by atoms with Crippen molar-refractivity contribution in [1.82, 2.24) is 19.7 Å². The summed E-state index contributed by atoms with van der Waals surface area (Å²) in [5.41, 5.74) is 1.12. The Balaban J connectivity index is 1.78. The lowest BCUT2D eigenvalue weighted by atomic mass is 10.1. The van der Waals surface area contributed by atoms with E-state index in [1.54, 1.807) is 24.4 Å². The Labute approximate surface area is 148 Å². The maximum Gasteiger partial charge on any atom is 0.327 e. The van der Waals surface area contributed by atoms with Crippen LogP contribution >= 0.6 is 11.6 Å². The zero-order valence-corrected chi connectivity index (χ0v) is 14.1. The largest absolute Gasteiger partial charge is 0.468 e. The SMILES string of the molecule is COC(=O)Cn1ncc2c(NCC(O)c3ccccc3Cl)ncnc21. The van der Waals surface area contributed by atoms with Gasteiger partial charge in [-0.15, -0.1) is 0 Å². The maximum atomic E-state index is 11.4. The van der Waals surface area contributed by atoms with Crippen LogP contribution in [0, 0.1) is 0 Å². The van der Waals surface area contributed by atoms with Crippen LogP contribution in [0.15, 0.2) is 36.8 Å². The quantitative estimate of drug-likeness (QED) is 0.645. The van der Waals surface area contributed by atoms with Crippen LogP contribution in [0.1, 0.15) is 11.7 Å². The maximum absolute atomic E-state index is 11.4. The molecule has 2 heterocycles. The number of hydrogen-bond donors (Lipinski definition) is 2. The minimum Gasteiger partial charge on any atom is -0.468 e. The van der Waals surface area contributed by atoms with Crippen molar-refractivity contribution in [1.29, 1.82) is 0 Å². The number of halogens is 1. The van der Waals surface area contributed by atoms with Gasteiger partial charge in [0.25, 0.3) is 0 Å². The third-order valence-corrected chi connectivity index (χ3v) is 4.01. The summed E-state index contributed by atoms with van der Waals surface area (Å²) in [6, 6.07) is 7.10. The fourth-order valence-electron chi connectivity index (χ4n) is 2.39. The Morgan fingerprint density at radius 2 is 2.20 bits per heavy atom. The fourth-order valence-corrected chi connectivity index (χ4v) is 2.65. The number of esters is 1. The molecule has 2 N–H and O–H groups in total. The number of hydrogen-bond acceptors (Lipinski definition) is 7. The molecule has 9 heteroatoms. The van der Waals surface area contributed by atoms with Crippen LogP contribution in [-0.4, -0.2) is 44.5 Å². The van der Waals surface area contributed by atoms with E-state index in [0.29, 0.717) is 27.4 Å². The summed E-state index contributed by atoms with van der Waals surface area (Å²) in [6.07, 6.45) is 2.12. The van der Waals surface area contributed by atoms with Crippen LogP contribution in [0.25, 0.3) is 11.0 Å². The second kappa shape index (κ2) is 7.45. The second-order valence-electron chi connectivity index (χ2n) is 5.26. The molecule has 130 valence electrons. The van der Waals surface area contributed by atoms with Crippen molar-refractivity contribution >= 4 is 34.4 Å². The van der Waals surface area contributed by atoms with Gasteiger partial charge in [0.1, 0.15) is 18.7 Å². The first-order valence-corrected chi connectivity index (χ1v) is 7.87. The van der Waals surface area contributed by atoms with E-state index in [1.807, 2.05) is 6.07 Å². The Morgan fingerprint density at radius 1 is 1.40 bits per heavy atom. The number of carbonyl (C=O) groups excluding carboxylic acids is 1. The number of carbonyl (C=O) groups is 1. The molecule has 0 aliphatic heterocycles. The standard InChI is InChI=1S/C16H16ClN5O3/c1-25-14(24)8-22-16-11(6-21-22)15(19-9-20-16)18-7-13(23)10-4-2-3-5-12(10)17/h2-6,9,13,23H,7-8H2,1H3,(H,18,19,20). The van der Waals surface area contributed by atoms with E-state index in [1.165, 1.54) is 18.1 Å². The molecule has 0 radical (unpaired) electrons. The number of methoxy groups -OCH3 is 1. The Morgan fingerprint density at radius 3 is 2.96 bits per heavy atom. The molecule has 8 nitrogen and oxygen atoms in total. The van der Waals surface area contributed by atoms with Crippen molar-refractivity contribution in [2.45, 2.75) is 12.6 Å². The predicted molar refractivity (Wildman–Crippen MR) is 92.2 cm³/mol. The average Bonchev–Trinajstić information content (AvgIpc) is 3.03. The van der Waals surface area contributed by atoms with Gasteiger partial charge in [-0.25, -0.2) is 14.6 Å². The zero-order valence-electron chi connectivity index (χ0n) is 13.4. The van der Waals surface area contributed by atoms with Crippen molar-refractivity contribution in [2.24, 2.45) is 0 Å². The van der Waals surface area contributed by atoms with Crippen molar-refractivity contribution in [2.75, 3.05) is 19.0 Å². The van der Waals surface area contributed by atoms with E-state index in [2.05, 4.69) is 25.1 Å². The molecule has 2 aromatic heterocycles. The lowest BCUT2D eigenvalue weighted by Crippen LogP contribution is -2.14. The first-order valence-electron chi connectivity index (χ1n) is 7.50. The number of aliphatic hydroxyl groups is 1. The highest BCUT2D eigenvalue weighted by Crippen LogP contribution is 2.24. The molecule has 3 aromatic rings. The summed E-state index contributed by atoms with van der Waals surface area (Å²) in [6.45, 7) is 0.163. The molecule has 1 unspecified atom stereocenters. The summed E-state index contributed by atoms with van der Waals surface area (Å²) in [7, 11) is 1.31. The predicted octanol–water partition coefficient (Wildman–Crippen LogP) is 1.80. The van der Waals surface area contributed by atoms with Crippen molar-refractivity contribution in [3.63, 3.8) is 0 Å². The minimum absolute atomic E-state index is 0.0430. The summed E-state index contributed by atoms with van der Waals surface area (Å²) in [5.74, 6) is 0.0829. The lowest BCUT2D eigenvalue weighted by molar-refractivity contribution is -0.141. The fraction of sp³-hybridized carbons (Fsp3) is 0.250. The molecule has 1 atom stereocenters. The summed E-state index contributed by atoms with van der Waals surface area (Å²) < 4.78 is 6.07. The lowest BCUT2D eigenvalue weighted by Gasteiger charge is -2.14. The Hall–Kier alpha value is -2.71. The van der Waals surface area contributed by atoms with E-state index in [9.17, 15) is 9.90 Å². The van der Waals surface area contributed by atoms with Crippen LogP contribution in [0.3, 0.4) is 0 Å². The molecule has 0 fully saturated rings. The number of benzene rings is 1. The molecule has 3 rings (SSSR count). The van der Waals surface area contributed by atoms with Gasteiger partial charge in [0, 0.05) is 17.1 Å². The average molecular weight is 362 g/mol. The molecule has 0 saturated heterocycles. The highest BCUT2D eigenvalue weighted by atomic mass is 35.5. The number of rotatable bonds is 6. The van der Waals surface area contributed by atoms with E-state index < -0.39 is 12.1 Å². The highest BCUT2D eigenvalue weighted by molar-refractivity contribution is 6.31. The number of aromatic nitrogens is 4. The number of nitrogens with zero attached hydrogens (tertiary/aromatic N) is 4. The number of aliphatic hydroxyl groups excluding tert-OH is 1. The van der Waals surface area contributed by atoms with Crippen LogP contribution in [0.4, 0.5) is 5.82 Å². The number of nitrogens with one attached hydrogen (secondary N) is 1. The molecule has 25 heavy (non-hydrogen) atoms. The van der Waals surface area contributed by atoms with Gasteiger partial charge in [-0.05, 0) is 6.07 Å². The molecule has 0 bridgehead atoms. The van der Waals surface area contributed by atoms with Gasteiger partial charge < -0.3 is 15.2 Å². The van der Waals surface area contributed by atoms with E-state index >= 15 is 0 Å². The molecule has 0 saturated carbocycles. The summed E-state index contributed by atoms with van der Waals surface area (Å²) >= 11 is 6.09. The smallest absolute Gasteiger partial charge is 0.327 e. The highest BCUT2D eigenvalue weighted by Gasteiger charge is 2.15. The summed E-state index contributed by atoms with van der Waals surface area (Å²) in [4.78, 5) is 19.7. The van der Waals surface area contributed by atoms with E-state index in [-0.39, 0.29) is 13.1 Å². The first kappa shape index (κ1) is 17.1. The minimum atomic E-state index is -0.802. The van der Waals surface area contributed by atoms with Crippen molar-refractivity contribution in [3.8, 4) is 0 Å². The molecule has 0 amide bonds. The number of anilines is 1. The molecule has 0 aliphatic carbocycles. The van der Waals surface area contributed by atoms with Gasteiger partial charge in [0.2, 0.25) is 0 Å². The first-order chi connectivity index (χ1) is 12.1. The van der Waals surface area contributed by atoms with Gasteiger partial charge in [-0.1, -0.05) is 29.8 Å². The van der Waals surface area contributed by atoms with Gasteiger partial charge in [0.15, 0.2) is 5.65 Å². The van der Waals surface area contributed by atoms with Gasteiger partial charge in [-0.3, -0.25) is 4.79 Å². The Kier molecular flexibility index (Phi) is 5.11. The van der Waals surface area contributed by atoms with Crippen LogP contribution < -0.4 is 5.32 Å². The molecule has 0 spiro atoms. The van der Waals surface area contributed by atoms with Gasteiger partial charge >= 0.3 is 5.97 Å². The van der Waals surface area contributed by atoms with Crippen LogP contribution in [0.2, 0.25) is 5.02 Å². The molecular weight excluding hydrogens is 346 g/mol.